The lowest BCUT2D eigenvalue weighted by Gasteiger charge is -2.36. The molecule has 5 heterocycles. The Morgan fingerprint density at radius 3 is 2.94 bits per heavy atom. The largest absolute Gasteiger partial charge is 0.486 e. The minimum atomic E-state index is -0.528. The van der Waals surface area contributed by atoms with E-state index in [2.05, 4.69) is 31.5 Å². The first kappa shape index (κ1) is 20.7. The van der Waals surface area contributed by atoms with Gasteiger partial charge < -0.3 is 15.0 Å². The molecule has 3 aromatic rings. The lowest BCUT2D eigenvalue weighted by molar-refractivity contribution is 0.137. The molecule has 0 radical (unpaired) electrons. The number of aryl methyl sites for hydroxylation is 2. The molecule has 172 valence electrons. The maximum absolute atomic E-state index is 14.2. The minimum absolute atomic E-state index is 0.131. The third-order valence-electron chi connectivity index (χ3n) is 7.14. The number of nitrogens with zero attached hydrogens (tertiary/aromatic N) is 5. The summed E-state index contributed by atoms with van der Waals surface area (Å²) in [6.07, 6.45) is 6.56. The average Bonchev–Trinajstić information content (AvgIpc) is 3.31. The van der Waals surface area contributed by atoms with Gasteiger partial charge in [0, 0.05) is 25.2 Å². The van der Waals surface area contributed by atoms with Crippen LogP contribution in [0, 0.1) is 5.82 Å². The molecule has 3 aromatic heterocycles. The Balaban J connectivity index is 1.09. The standard InChI is InChI=1S/C24H27FN6O2/c25-19-12-27-21-4-5-22(32)31-18(14-33-24(19)23(21)31)13-30-8-6-16(7-9-30)26-11-17-10-15-2-1-3-20(15)29-28-17/h4-5,10,12,16,18,26H,1-3,6-9,11,13-14H2/t18-/m1/s1. The number of hydrogen-bond donors (Lipinski definition) is 1. The topological polar surface area (TPSA) is 85.2 Å². The van der Waals surface area contributed by atoms with Crippen molar-refractivity contribution in [2.24, 2.45) is 0 Å². The van der Waals surface area contributed by atoms with Gasteiger partial charge in [0.25, 0.3) is 5.56 Å². The van der Waals surface area contributed by atoms with Crippen LogP contribution in [0.5, 0.6) is 5.75 Å². The van der Waals surface area contributed by atoms with Crippen LogP contribution in [-0.2, 0) is 19.4 Å². The number of piperidine rings is 1. The van der Waals surface area contributed by atoms with Crippen LogP contribution in [-0.4, -0.2) is 56.9 Å². The van der Waals surface area contributed by atoms with Crippen molar-refractivity contribution < 1.29 is 9.13 Å². The van der Waals surface area contributed by atoms with Crippen molar-refractivity contribution in [3.05, 3.63) is 57.5 Å². The van der Waals surface area contributed by atoms with E-state index in [-0.39, 0.29) is 24.0 Å². The maximum atomic E-state index is 14.2. The van der Waals surface area contributed by atoms with Crippen LogP contribution in [0.4, 0.5) is 4.39 Å². The number of rotatable bonds is 5. The summed E-state index contributed by atoms with van der Waals surface area (Å²) < 4.78 is 21.6. The number of pyridine rings is 2. The molecule has 1 atom stereocenters. The number of fused-ring (bicyclic) bond motifs is 1. The van der Waals surface area contributed by atoms with Crippen molar-refractivity contribution in [1.29, 1.82) is 0 Å². The summed E-state index contributed by atoms with van der Waals surface area (Å²) >= 11 is 0. The minimum Gasteiger partial charge on any atom is -0.486 e. The van der Waals surface area contributed by atoms with E-state index >= 15 is 0 Å². The molecule has 3 aliphatic rings. The summed E-state index contributed by atoms with van der Waals surface area (Å²) in [5, 5.41) is 12.4. The zero-order valence-corrected chi connectivity index (χ0v) is 18.5. The molecule has 9 heteroatoms. The normalized spacial score (nSPS) is 20.7. The van der Waals surface area contributed by atoms with Crippen LogP contribution in [0.25, 0.3) is 11.0 Å². The van der Waals surface area contributed by atoms with E-state index < -0.39 is 5.82 Å². The highest BCUT2D eigenvalue weighted by molar-refractivity contribution is 5.82. The van der Waals surface area contributed by atoms with E-state index in [1.165, 1.54) is 18.1 Å². The first-order chi connectivity index (χ1) is 16.2. The summed E-state index contributed by atoms with van der Waals surface area (Å²) in [6, 6.07) is 5.61. The first-order valence-electron chi connectivity index (χ1n) is 11.8. The van der Waals surface area contributed by atoms with Gasteiger partial charge in [-0.1, -0.05) is 0 Å². The molecule has 0 bridgehead atoms. The number of nitrogens with one attached hydrogen (secondary N) is 1. The van der Waals surface area contributed by atoms with E-state index in [4.69, 9.17) is 4.74 Å². The zero-order valence-electron chi connectivity index (χ0n) is 18.5. The van der Waals surface area contributed by atoms with Gasteiger partial charge in [0.1, 0.15) is 12.1 Å². The first-order valence-corrected chi connectivity index (χ1v) is 11.8. The Kier molecular flexibility index (Phi) is 5.30. The second kappa shape index (κ2) is 8.46. The van der Waals surface area contributed by atoms with Gasteiger partial charge in [0.2, 0.25) is 0 Å². The molecule has 1 saturated heterocycles. The molecule has 1 fully saturated rings. The lowest BCUT2D eigenvalue weighted by atomic mass is 10.0. The fourth-order valence-electron chi connectivity index (χ4n) is 5.39. The third-order valence-corrected chi connectivity index (χ3v) is 7.14. The molecule has 1 N–H and O–H groups in total. The molecule has 0 unspecified atom stereocenters. The number of ether oxygens (including phenoxy) is 1. The highest BCUT2D eigenvalue weighted by Crippen LogP contribution is 2.32. The second-order valence-corrected chi connectivity index (χ2v) is 9.29. The van der Waals surface area contributed by atoms with Gasteiger partial charge in [-0.3, -0.25) is 14.3 Å². The van der Waals surface area contributed by atoms with Crippen LogP contribution < -0.4 is 15.6 Å². The van der Waals surface area contributed by atoms with E-state index in [1.54, 1.807) is 10.6 Å². The monoisotopic (exact) mass is 450 g/mol. The number of halogens is 1. The molecule has 0 amide bonds. The van der Waals surface area contributed by atoms with Crippen molar-refractivity contribution in [2.45, 2.75) is 50.7 Å². The molecule has 0 aromatic carbocycles. The van der Waals surface area contributed by atoms with Gasteiger partial charge in [-0.15, -0.1) is 0 Å². The van der Waals surface area contributed by atoms with Crippen LogP contribution in [0.3, 0.4) is 0 Å². The van der Waals surface area contributed by atoms with Gasteiger partial charge in [-0.2, -0.15) is 10.2 Å². The molecule has 6 rings (SSSR count). The fourth-order valence-corrected chi connectivity index (χ4v) is 5.39. The molecule has 1 aliphatic carbocycles. The predicted octanol–water partition coefficient (Wildman–Crippen LogP) is 2.00. The summed E-state index contributed by atoms with van der Waals surface area (Å²) in [7, 11) is 0. The van der Waals surface area contributed by atoms with E-state index in [9.17, 15) is 9.18 Å². The Hall–Kier alpha value is -2.91. The molecule has 0 saturated carbocycles. The van der Waals surface area contributed by atoms with Gasteiger partial charge >= 0.3 is 0 Å². The van der Waals surface area contributed by atoms with Crippen molar-refractivity contribution in [2.75, 3.05) is 26.2 Å². The fraction of sp³-hybridized carbons (Fsp3) is 0.500. The molecule has 8 nitrogen and oxygen atoms in total. The number of aromatic nitrogens is 4. The van der Waals surface area contributed by atoms with Crippen LogP contribution in [0.1, 0.15) is 42.3 Å². The SMILES string of the molecule is O=c1ccc2ncc(F)c3c2n1[C@H](CN1CCC(NCc2cc4c(nn2)CCC4)CC1)CO3. The molecule has 2 aliphatic heterocycles. The van der Waals surface area contributed by atoms with E-state index in [0.29, 0.717) is 23.6 Å². The van der Waals surface area contributed by atoms with Crippen LogP contribution in [0.2, 0.25) is 0 Å². The Bertz CT molecular complexity index is 1250. The van der Waals surface area contributed by atoms with Gasteiger partial charge in [0.15, 0.2) is 11.6 Å². The summed E-state index contributed by atoms with van der Waals surface area (Å²) in [5.41, 5.74) is 4.43. The van der Waals surface area contributed by atoms with Crippen molar-refractivity contribution >= 4 is 11.0 Å². The Labute approximate surface area is 190 Å². The van der Waals surface area contributed by atoms with Crippen molar-refractivity contribution in [3.63, 3.8) is 0 Å². The maximum Gasteiger partial charge on any atom is 0.251 e. The van der Waals surface area contributed by atoms with Crippen molar-refractivity contribution in [1.82, 2.24) is 30.0 Å². The van der Waals surface area contributed by atoms with Gasteiger partial charge in [-0.05, 0) is 62.9 Å². The molecular weight excluding hydrogens is 423 g/mol. The average molecular weight is 451 g/mol. The van der Waals surface area contributed by atoms with E-state index in [1.807, 2.05) is 0 Å². The predicted molar refractivity (Wildman–Crippen MR) is 121 cm³/mol. The van der Waals surface area contributed by atoms with E-state index in [0.717, 1.165) is 62.9 Å². The number of hydrogen-bond acceptors (Lipinski definition) is 7. The van der Waals surface area contributed by atoms with Crippen molar-refractivity contribution in [3.8, 4) is 5.75 Å². The second-order valence-electron chi connectivity index (χ2n) is 9.29. The Morgan fingerprint density at radius 1 is 1.18 bits per heavy atom. The molecular formula is C24H27FN6O2. The quantitative estimate of drug-likeness (QED) is 0.636. The molecule has 0 spiro atoms. The summed E-state index contributed by atoms with van der Waals surface area (Å²) in [5.74, 6) is -0.397. The summed E-state index contributed by atoms with van der Waals surface area (Å²) in [4.78, 5) is 19.2. The lowest BCUT2D eigenvalue weighted by Crippen LogP contribution is -2.46. The van der Waals surface area contributed by atoms with Gasteiger partial charge in [0.05, 0.1) is 29.1 Å². The smallest absolute Gasteiger partial charge is 0.251 e. The number of likely N-dealkylation sites (tertiary alicyclic amines) is 1. The zero-order chi connectivity index (χ0) is 22.4. The van der Waals surface area contributed by atoms with Crippen LogP contribution >= 0.6 is 0 Å². The Morgan fingerprint density at radius 2 is 2.06 bits per heavy atom. The van der Waals surface area contributed by atoms with Crippen LogP contribution in [0.15, 0.2) is 29.2 Å². The highest BCUT2D eigenvalue weighted by Gasteiger charge is 2.29. The van der Waals surface area contributed by atoms with Gasteiger partial charge in [-0.25, -0.2) is 4.39 Å². The molecule has 33 heavy (non-hydrogen) atoms. The third kappa shape index (κ3) is 3.89. The highest BCUT2D eigenvalue weighted by atomic mass is 19.1. The summed E-state index contributed by atoms with van der Waals surface area (Å²) in [6.45, 7) is 3.58.